The van der Waals surface area contributed by atoms with Gasteiger partial charge in [-0.05, 0) is 42.5 Å². The molecule has 4 rings (SSSR count). The summed E-state index contributed by atoms with van der Waals surface area (Å²) in [7, 11) is 0. The van der Waals surface area contributed by atoms with Crippen molar-refractivity contribution in [3.05, 3.63) is 83.3 Å². The lowest BCUT2D eigenvalue weighted by molar-refractivity contribution is -0.153. The van der Waals surface area contributed by atoms with Crippen molar-refractivity contribution in [1.82, 2.24) is 4.90 Å². The van der Waals surface area contributed by atoms with Gasteiger partial charge in [-0.25, -0.2) is 0 Å². The average molecular weight is 444 g/mol. The molecule has 1 aliphatic rings. The number of nitrogens with zero attached hydrogens (tertiary/aromatic N) is 1. The number of hydrogen-bond donors (Lipinski definition) is 1. The third-order valence-corrected chi connectivity index (χ3v) is 4.62. The Bertz CT molecular complexity index is 1190. The highest BCUT2D eigenvalue weighted by molar-refractivity contribution is 6.22. The summed E-state index contributed by atoms with van der Waals surface area (Å²) in [5, 5.41) is 2.54. The highest BCUT2D eigenvalue weighted by atomic mass is 19.4. The van der Waals surface area contributed by atoms with Gasteiger partial charge in [-0.1, -0.05) is 6.07 Å². The molecule has 0 aliphatic carbocycles. The van der Waals surface area contributed by atoms with Crippen LogP contribution in [-0.4, -0.2) is 35.4 Å². The number of hydrogen-bond acceptors (Lipinski definition) is 5. The second-order valence-corrected chi connectivity index (χ2v) is 6.92. The molecule has 10 heteroatoms. The molecule has 3 aromatic rings. The summed E-state index contributed by atoms with van der Waals surface area (Å²) in [5.41, 5.74) is 0.556. The Hall–Kier alpha value is -4.08. The van der Waals surface area contributed by atoms with Crippen molar-refractivity contribution in [2.45, 2.75) is 12.7 Å². The van der Waals surface area contributed by atoms with Crippen molar-refractivity contribution in [1.29, 1.82) is 0 Å². The van der Waals surface area contributed by atoms with E-state index in [9.17, 15) is 27.6 Å². The predicted molar refractivity (Wildman–Crippen MR) is 105 cm³/mol. The SMILES string of the molecule is O=C(Nc1cccc(OCC(F)(F)F)c1)c1ccc2c(c1)C(=O)N(Cc1ccco1)C2=O. The first-order chi connectivity index (χ1) is 15.2. The lowest BCUT2D eigenvalue weighted by Gasteiger charge is -2.11. The molecule has 0 radical (unpaired) electrons. The number of imide groups is 1. The van der Waals surface area contributed by atoms with Gasteiger partial charge >= 0.3 is 6.18 Å². The van der Waals surface area contributed by atoms with E-state index in [1.165, 1.54) is 48.7 Å². The minimum absolute atomic E-state index is 0.0361. The van der Waals surface area contributed by atoms with Crippen molar-refractivity contribution in [3.63, 3.8) is 0 Å². The fraction of sp³-hybridized carbons (Fsp3) is 0.136. The number of nitrogens with one attached hydrogen (secondary N) is 1. The molecule has 2 aromatic carbocycles. The molecule has 2 heterocycles. The number of fused-ring (bicyclic) bond motifs is 1. The maximum Gasteiger partial charge on any atom is 0.422 e. The van der Waals surface area contributed by atoms with Gasteiger partial charge in [0.05, 0.1) is 23.9 Å². The smallest absolute Gasteiger partial charge is 0.422 e. The first kappa shape index (κ1) is 21.2. The van der Waals surface area contributed by atoms with Crippen molar-refractivity contribution < 1.29 is 36.7 Å². The Kier molecular flexibility index (Phi) is 5.43. The minimum atomic E-state index is -4.49. The Balaban J connectivity index is 1.48. The second-order valence-electron chi connectivity index (χ2n) is 6.92. The summed E-state index contributed by atoms with van der Waals surface area (Å²) in [4.78, 5) is 38.9. The molecular weight excluding hydrogens is 429 g/mol. The maximum atomic E-state index is 12.7. The van der Waals surface area contributed by atoms with Gasteiger partial charge in [0, 0.05) is 17.3 Å². The van der Waals surface area contributed by atoms with Crippen LogP contribution in [0.25, 0.3) is 0 Å². The molecule has 1 aromatic heterocycles. The summed E-state index contributed by atoms with van der Waals surface area (Å²) in [6.07, 6.45) is -3.06. The van der Waals surface area contributed by atoms with E-state index >= 15 is 0 Å². The number of furan rings is 1. The molecule has 1 N–H and O–H groups in total. The molecule has 0 fully saturated rings. The quantitative estimate of drug-likeness (QED) is 0.574. The van der Waals surface area contributed by atoms with Crippen LogP contribution in [0.2, 0.25) is 0 Å². The Morgan fingerprint density at radius 3 is 2.50 bits per heavy atom. The average Bonchev–Trinajstić information content (AvgIpc) is 3.35. The molecule has 164 valence electrons. The van der Waals surface area contributed by atoms with E-state index in [0.717, 1.165) is 4.90 Å². The molecule has 0 atom stereocenters. The monoisotopic (exact) mass is 444 g/mol. The number of rotatable bonds is 6. The Morgan fingerprint density at radius 1 is 1.00 bits per heavy atom. The largest absolute Gasteiger partial charge is 0.484 e. The van der Waals surface area contributed by atoms with E-state index < -0.39 is 30.5 Å². The van der Waals surface area contributed by atoms with Crippen LogP contribution in [0.3, 0.4) is 0 Å². The fourth-order valence-electron chi connectivity index (χ4n) is 3.17. The molecular formula is C22H15F3N2O5. The van der Waals surface area contributed by atoms with E-state index in [0.29, 0.717) is 5.76 Å². The molecule has 0 saturated carbocycles. The van der Waals surface area contributed by atoms with Gasteiger partial charge in [0.15, 0.2) is 6.61 Å². The highest BCUT2D eigenvalue weighted by Gasteiger charge is 2.36. The van der Waals surface area contributed by atoms with Gasteiger partial charge in [-0.15, -0.1) is 0 Å². The minimum Gasteiger partial charge on any atom is -0.484 e. The van der Waals surface area contributed by atoms with Gasteiger partial charge in [-0.3, -0.25) is 19.3 Å². The van der Waals surface area contributed by atoms with Crippen LogP contribution < -0.4 is 10.1 Å². The molecule has 0 unspecified atom stereocenters. The highest BCUT2D eigenvalue weighted by Crippen LogP contribution is 2.27. The summed E-state index contributed by atoms with van der Waals surface area (Å²) in [6.45, 7) is -1.49. The van der Waals surface area contributed by atoms with E-state index in [4.69, 9.17) is 4.42 Å². The summed E-state index contributed by atoms with van der Waals surface area (Å²) in [5.74, 6) is -1.29. The van der Waals surface area contributed by atoms with E-state index in [2.05, 4.69) is 10.1 Å². The van der Waals surface area contributed by atoms with Gasteiger partial charge in [-0.2, -0.15) is 13.2 Å². The number of carbonyl (C=O) groups excluding carboxylic acids is 3. The lowest BCUT2D eigenvalue weighted by atomic mass is 10.1. The molecule has 0 saturated heterocycles. The lowest BCUT2D eigenvalue weighted by Crippen LogP contribution is -2.28. The van der Waals surface area contributed by atoms with Gasteiger partial charge < -0.3 is 14.5 Å². The molecule has 32 heavy (non-hydrogen) atoms. The predicted octanol–water partition coefficient (Wildman–Crippen LogP) is 4.27. The van der Waals surface area contributed by atoms with E-state index in [1.807, 2.05) is 0 Å². The Morgan fingerprint density at radius 2 is 1.78 bits per heavy atom. The number of ether oxygens (including phenoxy) is 1. The summed E-state index contributed by atoms with van der Waals surface area (Å²) in [6, 6.07) is 12.8. The normalized spacial score (nSPS) is 13.3. The van der Waals surface area contributed by atoms with E-state index in [1.54, 1.807) is 12.1 Å². The number of halogens is 3. The number of carbonyl (C=O) groups is 3. The number of anilines is 1. The van der Waals surface area contributed by atoms with Crippen LogP contribution in [0.1, 0.15) is 36.8 Å². The maximum absolute atomic E-state index is 12.7. The molecule has 1 aliphatic heterocycles. The third kappa shape index (κ3) is 4.48. The first-order valence-electron chi connectivity index (χ1n) is 9.35. The zero-order chi connectivity index (χ0) is 22.9. The van der Waals surface area contributed by atoms with Crippen molar-refractivity contribution in [3.8, 4) is 5.75 Å². The van der Waals surface area contributed by atoms with Crippen LogP contribution in [0, 0.1) is 0 Å². The molecule has 3 amide bonds. The zero-order valence-electron chi connectivity index (χ0n) is 16.3. The fourth-order valence-corrected chi connectivity index (χ4v) is 3.17. The van der Waals surface area contributed by atoms with Crippen LogP contribution >= 0.6 is 0 Å². The summed E-state index contributed by atoms with van der Waals surface area (Å²) >= 11 is 0. The first-order valence-corrected chi connectivity index (χ1v) is 9.35. The van der Waals surface area contributed by atoms with Crippen molar-refractivity contribution in [2.75, 3.05) is 11.9 Å². The second kappa shape index (κ2) is 8.22. The number of amides is 3. The Labute approximate surface area is 179 Å². The van der Waals surface area contributed by atoms with Gasteiger partial charge in [0.1, 0.15) is 11.5 Å². The van der Waals surface area contributed by atoms with Crippen molar-refractivity contribution >= 4 is 23.4 Å². The van der Waals surface area contributed by atoms with Crippen LogP contribution in [-0.2, 0) is 6.54 Å². The van der Waals surface area contributed by atoms with Gasteiger partial charge in [0.25, 0.3) is 17.7 Å². The summed E-state index contributed by atoms with van der Waals surface area (Å²) < 4.78 is 46.8. The standard InChI is InChI=1S/C22H15F3N2O5/c23-22(24,25)12-32-15-4-1-3-14(10-15)26-19(28)13-6-7-17-18(9-13)21(30)27(20(17)29)11-16-5-2-8-31-16/h1-10H,11-12H2,(H,26,28). The molecule has 7 nitrogen and oxygen atoms in total. The molecule has 0 bridgehead atoms. The topological polar surface area (TPSA) is 88.8 Å². The number of alkyl halides is 3. The van der Waals surface area contributed by atoms with E-state index in [-0.39, 0.29) is 34.7 Å². The van der Waals surface area contributed by atoms with Crippen molar-refractivity contribution in [2.24, 2.45) is 0 Å². The molecule has 0 spiro atoms. The third-order valence-electron chi connectivity index (χ3n) is 4.62. The number of benzene rings is 2. The van der Waals surface area contributed by atoms with Crippen LogP contribution in [0.5, 0.6) is 5.75 Å². The zero-order valence-corrected chi connectivity index (χ0v) is 16.3. The van der Waals surface area contributed by atoms with Crippen LogP contribution in [0.15, 0.2) is 65.3 Å². The van der Waals surface area contributed by atoms with Crippen LogP contribution in [0.4, 0.5) is 18.9 Å². The van der Waals surface area contributed by atoms with Gasteiger partial charge in [0.2, 0.25) is 0 Å².